The number of aromatic amines is 1. The van der Waals surface area contributed by atoms with E-state index in [9.17, 15) is 8.42 Å². The van der Waals surface area contributed by atoms with Crippen molar-refractivity contribution in [2.45, 2.75) is 4.90 Å². The normalized spacial score (nSPS) is 11.4. The molecular formula is C16H12Cl2N2O2S. The topological polar surface area (TPSA) is 62.0 Å². The Hall–Kier alpha value is -1.95. The molecule has 0 saturated carbocycles. The number of rotatable bonds is 4. The number of hydrogen-bond donors (Lipinski definition) is 2. The highest BCUT2D eigenvalue weighted by atomic mass is 35.5. The summed E-state index contributed by atoms with van der Waals surface area (Å²) in [6, 6.07) is 13.4. The molecule has 118 valence electrons. The van der Waals surface area contributed by atoms with Crippen LogP contribution in [0.2, 0.25) is 10.0 Å². The summed E-state index contributed by atoms with van der Waals surface area (Å²) in [5.41, 5.74) is 1.77. The van der Waals surface area contributed by atoms with Crippen LogP contribution >= 0.6 is 23.2 Å². The molecule has 0 amide bonds. The first-order chi connectivity index (χ1) is 11.0. The molecule has 0 bridgehead atoms. The van der Waals surface area contributed by atoms with Crippen LogP contribution in [0.1, 0.15) is 0 Å². The van der Waals surface area contributed by atoms with E-state index in [4.69, 9.17) is 23.2 Å². The van der Waals surface area contributed by atoms with Gasteiger partial charge in [0.15, 0.2) is 0 Å². The van der Waals surface area contributed by atoms with Crippen molar-refractivity contribution in [1.82, 2.24) is 4.98 Å². The first kappa shape index (κ1) is 15.9. The van der Waals surface area contributed by atoms with Crippen molar-refractivity contribution in [3.05, 3.63) is 71.0 Å². The molecule has 0 fully saturated rings. The third kappa shape index (κ3) is 3.52. The van der Waals surface area contributed by atoms with Crippen molar-refractivity contribution >= 4 is 38.9 Å². The Kier molecular flexibility index (Phi) is 4.35. The van der Waals surface area contributed by atoms with Crippen LogP contribution in [0.5, 0.6) is 0 Å². The second-order valence-electron chi connectivity index (χ2n) is 4.85. The smallest absolute Gasteiger partial charge is 0.264 e. The van der Waals surface area contributed by atoms with Crippen LogP contribution in [0.15, 0.2) is 65.8 Å². The quantitative estimate of drug-likeness (QED) is 0.697. The Labute approximate surface area is 144 Å². The largest absolute Gasteiger partial charge is 0.366 e. The van der Waals surface area contributed by atoms with E-state index >= 15 is 0 Å². The van der Waals surface area contributed by atoms with E-state index in [1.807, 2.05) is 0 Å². The van der Waals surface area contributed by atoms with Gasteiger partial charge < -0.3 is 4.98 Å². The molecule has 3 aromatic rings. The first-order valence-electron chi connectivity index (χ1n) is 6.67. The fourth-order valence-corrected chi connectivity index (χ4v) is 3.65. The zero-order valence-electron chi connectivity index (χ0n) is 11.8. The fraction of sp³-hybridized carbons (Fsp3) is 0. The highest BCUT2D eigenvalue weighted by molar-refractivity contribution is 7.92. The lowest BCUT2D eigenvalue weighted by molar-refractivity contribution is 0.601. The standard InChI is InChI=1S/C16H12Cl2N2O2S/c17-12-3-1-11(2-4-12)15-9-19-10-16(15)23(21,22)20-14-7-5-13(18)6-8-14/h1-10,19-20H. The van der Waals surface area contributed by atoms with Gasteiger partial charge in [-0.2, -0.15) is 0 Å². The summed E-state index contributed by atoms with van der Waals surface area (Å²) in [6.07, 6.45) is 3.09. The van der Waals surface area contributed by atoms with Crippen LogP contribution < -0.4 is 4.72 Å². The van der Waals surface area contributed by atoms with Crippen LogP contribution in [0.25, 0.3) is 11.1 Å². The van der Waals surface area contributed by atoms with Gasteiger partial charge in [-0.05, 0) is 42.0 Å². The molecule has 0 aliphatic heterocycles. The molecule has 0 spiro atoms. The van der Waals surface area contributed by atoms with Gasteiger partial charge in [0.2, 0.25) is 0 Å². The SMILES string of the molecule is O=S(=O)(Nc1ccc(Cl)cc1)c1c[nH]cc1-c1ccc(Cl)cc1. The van der Waals surface area contributed by atoms with Gasteiger partial charge in [-0.3, -0.25) is 4.72 Å². The van der Waals surface area contributed by atoms with Crippen molar-refractivity contribution < 1.29 is 8.42 Å². The zero-order valence-corrected chi connectivity index (χ0v) is 14.1. The molecule has 3 rings (SSSR count). The molecule has 0 atom stereocenters. The summed E-state index contributed by atoms with van der Waals surface area (Å²) >= 11 is 11.7. The van der Waals surface area contributed by atoms with Crippen molar-refractivity contribution in [1.29, 1.82) is 0 Å². The third-order valence-electron chi connectivity index (χ3n) is 3.25. The Morgan fingerprint density at radius 3 is 2.00 bits per heavy atom. The molecule has 1 aromatic heterocycles. The van der Waals surface area contributed by atoms with Crippen LogP contribution in [-0.2, 0) is 10.0 Å². The summed E-state index contributed by atoms with van der Waals surface area (Å²) in [4.78, 5) is 3.00. The molecule has 1 heterocycles. The van der Waals surface area contributed by atoms with Gasteiger partial charge in [0, 0.05) is 33.7 Å². The van der Waals surface area contributed by atoms with E-state index in [0.29, 0.717) is 21.3 Å². The van der Waals surface area contributed by atoms with Gasteiger partial charge in [-0.1, -0.05) is 35.3 Å². The van der Waals surface area contributed by atoms with Gasteiger partial charge in [-0.15, -0.1) is 0 Å². The maximum absolute atomic E-state index is 12.6. The van der Waals surface area contributed by atoms with Gasteiger partial charge >= 0.3 is 0 Å². The Bertz CT molecular complexity index is 917. The molecular weight excluding hydrogens is 355 g/mol. The van der Waals surface area contributed by atoms with E-state index in [-0.39, 0.29) is 4.90 Å². The number of hydrogen-bond acceptors (Lipinski definition) is 2. The average molecular weight is 367 g/mol. The fourth-order valence-electron chi connectivity index (χ4n) is 2.15. The van der Waals surface area contributed by atoms with Crippen LogP contribution in [0, 0.1) is 0 Å². The minimum Gasteiger partial charge on any atom is -0.366 e. The molecule has 7 heteroatoms. The maximum Gasteiger partial charge on any atom is 0.264 e. The van der Waals surface area contributed by atoms with E-state index in [0.717, 1.165) is 5.56 Å². The maximum atomic E-state index is 12.6. The van der Waals surface area contributed by atoms with Gasteiger partial charge in [-0.25, -0.2) is 8.42 Å². The average Bonchev–Trinajstić information content (AvgIpc) is 3.01. The van der Waals surface area contributed by atoms with Gasteiger partial charge in [0.1, 0.15) is 4.90 Å². The number of H-pyrrole nitrogens is 1. The summed E-state index contributed by atoms with van der Waals surface area (Å²) in [6.45, 7) is 0. The molecule has 0 unspecified atom stereocenters. The number of sulfonamides is 1. The first-order valence-corrected chi connectivity index (χ1v) is 8.91. The summed E-state index contributed by atoms with van der Waals surface area (Å²) < 4.78 is 27.8. The molecule has 2 N–H and O–H groups in total. The summed E-state index contributed by atoms with van der Waals surface area (Å²) in [7, 11) is -3.73. The van der Waals surface area contributed by atoms with Crippen molar-refractivity contribution in [2.24, 2.45) is 0 Å². The van der Waals surface area contributed by atoms with Gasteiger partial charge in [0.05, 0.1) is 0 Å². The van der Waals surface area contributed by atoms with E-state index in [2.05, 4.69) is 9.71 Å². The van der Waals surface area contributed by atoms with Crippen LogP contribution in [-0.4, -0.2) is 13.4 Å². The van der Waals surface area contributed by atoms with E-state index in [1.54, 1.807) is 54.7 Å². The predicted octanol–water partition coefficient (Wildman–Crippen LogP) is 4.79. The molecule has 23 heavy (non-hydrogen) atoms. The lowest BCUT2D eigenvalue weighted by atomic mass is 10.1. The summed E-state index contributed by atoms with van der Waals surface area (Å²) in [5.74, 6) is 0. The third-order valence-corrected chi connectivity index (χ3v) is 5.17. The Morgan fingerprint density at radius 1 is 0.826 bits per heavy atom. The second-order valence-corrected chi connectivity index (χ2v) is 7.38. The van der Waals surface area contributed by atoms with Crippen molar-refractivity contribution in [3.8, 4) is 11.1 Å². The monoisotopic (exact) mass is 366 g/mol. The van der Waals surface area contributed by atoms with Crippen molar-refractivity contribution in [2.75, 3.05) is 4.72 Å². The van der Waals surface area contributed by atoms with Crippen LogP contribution in [0.4, 0.5) is 5.69 Å². The minimum atomic E-state index is -3.73. The zero-order chi connectivity index (χ0) is 16.4. The van der Waals surface area contributed by atoms with Crippen LogP contribution in [0.3, 0.4) is 0 Å². The molecule has 0 saturated heterocycles. The number of anilines is 1. The molecule has 0 radical (unpaired) electrons. The predicted molar refractivity (Wildman–Crippen MR) is 93.5 cm³/mol. The highest BCUT2D eigenvalue weighted by Crippen LogP contribution is 2.29. The Balaban J connectivity index is 1.96. The highest BCUT2D eigenvalue weighted by Gasteiger charge is 2.20. The van der Waals surface area contributed by atoms with Crippen molar-refractivity contribution in [3.63, 3.8) is 0 Å². The molecule has 0 aliphatic carbocycles. The number of nitrogens with one attached hydrogen (secondary N) is 2. The summed E-state index contributed by atoms with van der Waals surface area (Å²) in [5, 5.41) is 1.13. The lowest BCUT2D eigenvalue weighted by Crippen LogP contribution is -2.13. The van der Waals surface area contributed by atoms with E-state index < -0.39 is 10.0 Å². The lowest BCUT2D eigenvalue weighted by Gasteiger charge is -2.09. The number of halogens is 2. The minimum absolute atomic E-state index is 0.162. The van der Waals surface area contributed by atoms with Gasteiger partial charge in [0.25, 0.3) is 10.0 Å². The van der Waals surface area contributed by atoms with E-state index in [1.165, 1.54) is 6.20 Å². The molecule has 0 aliphatic rings. The molecule has 2 aromatic carbocycles. The molecule has 4 nitrogen and oxygen atoms in total. The Morgan fingerprint density at radius 2 is 1.39 bits per heavy atom. The second kappa shape index (κ2) is 6.28. The number of benzene rings is 2. The number of aromatic nitrogens is 1.